The highest BCUT2D eigenvalue weighted by Crippen LogP contribution is 2.19. The summed E-state index contributed by atoms with van der Waals surface area (Å²) in [6.07, 6.45) is 0. The number of nitrogens with one attached hydrogen (secondary N) is 1. The van der Waals surface area contributed by atoms with Gasteiger partial charge < -0.3 is 4.74 Å². The van der Waals surface area contributed by atoms with Crippen LogP contribution in [0.1, 0.15) is 16.7 Å². The Morgan fingerprint density at radius 2 is 1.96 bits per heavy atom. The number of methoxy groups -OCH3 is 1. The van der Waals surface area contributed by atoms with E-state index in [1.165, 1.54) is 18.2 Å². The molecule has 0 saturated carbocycles. The SMILES string of the molecule is COCc1cccc(CNS(=O)(=O)c2ccc(Cl)c(C#N)c2)c1. The smallest absolute Gasteiger partial charge is 0.240 e. The molecule has 2 aromatic rings. The van der Waals surface area contributed by atoms with E-state index in [0.717, 1.165) is 11.1 Å². The molecule has 2 aromatic carbocycles. The van der Waals surface area contributed by atoms with E-state index in [0.29, 0.717) is 6.61 Å². The zero-order valence-electron chi connectivity index (χ0n) is 12.4. The number of rotatable bonds is 6. The second-order valence-corrected chi connectivity index (χ2v) is 7.01. The predicted octanol–water partition coefficient (Wildman–Crippen LogP) is 2.84. The second kappa shape index (κ2) is 7.57. The van der Waals surface area contributed by atoms with E-state index in [9.17, 15) is 8.42 Å². The van der Waals surface area contributed by atoms with Gasteiger partial charge in [0.25, 0.3) is 0 Å². The molecule has 0 unspecified atom stereocenters. The Bertz CT molecular complexity index is 845. The molecule has 0 spiro atoms. The normalized spacial score (nSPS) is 11.2. The summed E-state index contributed by atoms with van der Waals surface area (Å²) < 4.78 is 32.2. The maximum absolute atomic E-state index is 12.3. The van der Waals surface area contributed by atoms with Gasteiger partial charge in [-0.05, 0) is 29.3 Å². The van der Waals surface area contributed by atoms with Gasteiger partial charge in [-0.1, -0.05) is 35.9 Å². The summed E-state index contributed by atoms with van der Waals surface area (Å²) in [5, 5.41) is 9.16. The van der Waals surface area contributed by atoms with E-state index < -0.39 is 10.0 Å². The molecule has 0 radical (unpaired) electrons. The molecule has 0 aliphatic rings. The molecule has 0 aliphatic carbocycles. The van der Waals surface area contributed by atoms with Gasteiger partial charge in [-0.2, -0.15) is 5.26 Å². The average molecular weight is 351 g/mol. The molecular weight excluding hydrogens is 336 g/mol. The van der Waals surface area contributed by atoms with Crippen molar-refractivity contribution < 1.29 is 13.2 Å². The van der Waals surface area contributed by atoms with Crippen LogP contribution in [0.25, 0.3) is 0 Å². The maximum atomic E-state index is 12.3. The highest BCUT2D eigenvalue weighted by molar-refractivity contribution is 7.89. The minimum atomic E-state index is -3.72. The van der Waals surface area contributed by atoms with Crippen LogP contribution in [0, 0.1) is 11.3 Å². The number of benzene rings is 2. The monoisotopic (exact) mass is 350 g/mol. The molecule has 0 atom stereocenters. The van der Waals surface area contributed by atoms with Crippen molar-refractivity contribution in [3.63, 3.8) is 0 Å². The molecule has 120 valence electrons. The number of sulfonamides is 1. The zero-order valence-corrected chi connectivity index (χ0v) is 14.0. The van der Waals surface area contributed by atoms with Gasteiger partial charge in [0.1, 0.15) is 6.07 Å². The Morgan fingerprint density at radius 3 is 2.65 bits per heavy atom. The molecule has 0 aromatic heterocycles. The molecule has 23 heavy (non-hydrogen) atoms. The summed E-state index contributed by atoms with van der Waals surface area (Å²) in [7, 11) is -2.12. The molecular formula is C16H15ClN2O3S. The van der Waals surface area contributed by atoms with E-state index in [2.05, 4.69) is 4.72 Å². The fourth-order valence-electron chi connectivity index (χ4n) is 2.01. The lowest BCUT2D eigenvalue weighted by Crippen LogP contribution is -2.23. The van der Waals surface area contributed by atoms with Crippen LogP contribution in [0.3, 0.4) is 0 Å². The molecule has 0 bridgehead atoms. The molecule has 2 rings (SSSR count). The van der Waals surface area contributed by atoms with Crippen LogP contribution in [0.4, 0.5) is 0 Å². The largest absolute Gasteiger partial charge is 0.380 e. The van der Waals surface area contributed by atoms with Gasteiger partial charge in [0, 0.05) is 13.7 Å². The predicted molar refractivity (Wildman–Crippen MR) is 87.3 cm³/mol. The van der Waals surface area contributed by atoms with Crippen LogP contribution in [0.15, 0.2) is 47.4 Å². The van der Waals surface area contributed by atoms with E-state index in [1.807, 2.05) is 30.3 Å². The first kappa shape index (κ1) is 17.4. The standard InChI is InChI=1S/C16H15ClN2O3S/c1-22-11-13-4-2-3-12(7-13)10-19-23(20,21)15-5-6-16(17)14(8-15)9-18/h2-8,19H,10-11H2,1H3. The average Bonchev–Trinajstić information content (AvgIpc) is 2.54. The summed E-state index contributed by atoms with van der Waals surface area (Å²) in [5.41, 5.74) is 1.90. The van der Waals surface area contributed by atoms with Gasteiger partial charge in [-0.3, -0.25) is 0 Å². The molecule has 1 N–H and O–H groups in total. The van der Waals surface area contributed by atoms with Crippen molar-refractivity contribution in [2.24, 2.45) is 0 Å². The number of ether oxygens (including phenoxy) is 1. The quantitative estimate of drug-likeness (QED) is 0.868. The minimum Gasteiger partial charge on any atom is -0.380 e. The maximum Gasteiger partial charge on any atom is 0.240 e. The summed E-state index contributed by atoms with van der Waals surface area (Å²) in [6, 6.07) is 13.3. The van der Waals surface area contributed by atoms with E-state index in [4.69, 9.17) is 21.6 Å². The van der Waals surface area contributed by atoms with Gasteiger partial charge in [0.05, 0.1) is 22.1 Å². The van der Waals surface area contributed by atoms with Crippen molar-refractivity contribution in [2.45, 2.75) is 18.0 Å². The summed E-state index contributed by atoms with van der Waals surface area (Å²) in [5.74, 6) is 0. The lowest BCUT2D eigenvalue weighted by molar-refractivity contribution is 0.185. The summed E-state index contributed by atoms with van der Waals surface area (Å²) in [4.78, 5) is 0.00601. The van der Waals surface area contributed by atoms with E-state index in [-0.39, 0.29) is 22.0 Å². The van der Waals surface area contributed by atoms with Gasteiger partial charge >= 0.3 is 0 Å². The molecule has 0 heterocycles. The molecule has 0 saturated heterocycles. The molecule has 5 nitrogen and oxygen atoms in total. The molecule has 0 amide bonds. The lowest BCUT2D eigenvalue weighted by atomic mass is 10.1. The Kier molecular flexibility index (Phi) is 5.74. The first-order chi connectivity index (χ1) is 11.0. The first-order valence-corrected chi connectivity index (χ1v) is 8.58. The van der Waals surface area contributed by atoms with Gasteiger partial charge in [-0.25, -0.2) is 13.1 Å². The van der Waals surface area contributed by atoms with Crippen LogP contribution < -0.4 is 4.72 Å². The third kappa shape index (κ3) is 4.53. The summed E-state index contributed by atoms with van der Waals surface area (Å²) >= 11 is 5.82. The first-order valence-electron chi connectivity index (χ1n) is 6.72. The zero-order chi connectivity index (χ0) is 16.9. The molecule has 0 aliphatic heterocycles. The Hall–Kier alpha value is -1.91. The Labute approximate surface area is 140 Å². The number of nitriles is 1. The van der Waals surface area contributed by atoms with Gasteiger partial charge in [0.2, 0.25) is 10.0 Å². The fraction of sp³-hybridized carbons (Fsp3) is 0.188. The van der Waals surface area contributed by atoms with Crippen molar-refractivity contribution in [3.8, 4) is 6.07 Å². The van der Waals surface area contributed by atoms with Crippen molar-refractivity contribution in [1.82, 2.24) is 4.72 Å². The molecule has 0 fully saturated rings. The van der Waals surface area contributed by atoms with Crippen molar-refractivity contribution in [2.75, 3.05) is 7.11 Å². The van der Waals surface area contributed by atoms with Gasteiger partial charge in [0.15, 0.2) is 0 Å². The van der Waals surface area contributed by atoms with Crippen LogP contribution in [-0.4, -0.2) is 15.5 Å². The molecule has 7 heteroatoms. The Balaban J connectivity index is 2.16. The van der Waals surface area contributed by atoms with Gasteiger partial charge in [-0.15, -0.1) is 0 Å². The highest BCUT2D eigenvalue weighted by Gasteiger charge is 2.15. The minimum absolute atomic E-state index is 0.00601. The lowest BCUT2D eigenvalue weighted by Gasteiger charge is -2.09. The van der Waals surface area contributed by atoms with Crippen LogP contribution in [0.5, 0.6) is 0 Å². The number of hydrogen-bond donors (Lipinski definition) is 1. The topological polar surface area (TPSA) is 79.2 Å². The van der Waals surface area contributed by atoms with Crippen LogP contribution in [-0.2, 0) is 27.9 Å². The van der Waals surface area contributed by atoms with Crippen molar-refractivity contribution in [3.05, 3.63) is 64.2 Å². The van der Waals surface area contributed by atoms with Crippen molar-refractivity contribution in [1.29, 1.82) is 5.26 Å². The fourth-order valence-corrected chi connectivity index (χ4v) is 3.22. The number of hydrogen-bond acceptors (Lipinski definition) is 4. The van der Waals surface area contributed by atoms with E-state index >= 15 is 0 Å². The number of nitrogens with zero attached hydrogens (tertiary/aromatic N) is 1. The second-order valence-electron chi connectivity index (χ2n) is 4.83. The number of halogens is 1. The Morgan fingerprint density at radius 1 is 1.22 bits per heavy atom. The highest BCUT2D eigenvalue weighted by atomic mass is 35.5. The van der Waals surface area contributed by atoms with Crippen LogP contribution >= 0.6 is 11.6 Å². The van der Waals surface area contributed by atoms with Crippen LogP contribution in [0.2, 0.25) is 5.02 Å². The summed E-state index contributed by atoms with van der Waals surface area (Å²) in [6.45, 7) is 0.605. The van der Waals surface area contributed by atoms with E-state index in [1.54, 1.807) is 7.11 Å². The van der Waals surface area contributed by atoms with Crippen molar-refractivity contribution >= 4 is 21.6 Å². The third-order valence-corrected chi connectivity index (χ3v) is 4.87. The third-order valence-electron chi connectivity index (χ3n) is 3.14.